The van der Waals surface area contributed by atoms with Gasteiger partial charge in [-0.3, -0.25) is 10.1 Å². The van der Waals surface area contributed by atoms with Gasteiger partial charge >= 0.3 is 0 Å². The number of aromatic nitrogens is 4. The maximum absolute atomic E-state index is 12.0. The Kier molecular flexibility index (Phi) is 4.54. The number of amides is 1. The van der Waals surface area contributed by atoms with Gasteiger partial charge in [-0.25, -0.2) is 4.68 Å². The average Bonchev–Trinajstić information content (AvgIpc) is 3.18. The van der Waals surface area contributed by atoms with Crippen molar-refractivity contribution in [2.45, 2.75) is 13.0 Å². The lowest BCUT2D eigenvalue weighted by atomic mass is 10.3. The van der Waals surface area contributed by atoms with Crippen LogP contribution in [0.3, 0.4) is 0 Å². The molecule has 23 heavy (non-hydrogen) atoms. The van der Waals surface area contributed by atoms with Gasteiger partial charge in [-0.1, -0.05) is 41.1 Å². The first-order valence-corrected chi connectivity index (χ1v) is 7.93. The van der Waals surface area contributed by atoms with Crippen LogP contribution in [0.2, 0.25) is 5.02 Å². The van der Waals surface area contributed by atoms with Crippen molar-refractivity contribution in [3.8, 4) is 11.6 Å². The van der Waals surface area contributed by atoms with Crippen LogP contribution in [0.4, 0.5) is 5.13 Å². The molecule has 3 aromatic rings. The molecule has 0 radical (unpaired) electrons. The van der Waals surface area contributed by atoms with Crippen molar-refractivity contribution in [3.63, 3.8) is 0 Å². The van der Waals surface area contributed by atoms with Crippen molar-refractivity contribution in [2.24, 2.45) is 0 Å². The minimum Gasteiger partial charge on any atom is -0.462 e. The predicted molar refractivity (Wildman–Crippen MR) is 87.2 cm³/mol. The van der Waals surface area contributed by atoms with Gasteiger partial charge in [0.05, 0.1) is 11.9 Å². The van der Waals surface area contributed by atoms with Gasteiger partial charge in [-0.15, -0.1) is 15.3 Å². The van der Waals surface area contributed by atoms with E-state index in [0.717, 1.165) is 5.69 Å². The second-order valence-electron chi connectivity index (χ2n) is 4.56. The Bertz CT molecular complexity index is 791. The first kappa shape index (κ1) is 15.4. The van der Waals surface area contributed by atoms with Gasteiger partial charge in [0.25, 0.3) is 11.8 Å². The minimum absolute atomic E-state index is 0.190. The summed E-state index contributed by atoms with van der Waals surface area (Å²) in [5.74, 6) is -0.164. The number of rotatable bonds is 5. The molecule has 0 unspecified atom stereocenters. The third kappa shape index (κ3) is 3.66. The number of carbonyl (C=O) groups is 1. The second kappa shape index (κ2) is 6.76. The Balaban J connectivity index is 1.70. The molecule has 0 saturated carbocycles. The summed E-state index contributed by atoms with van der Waals surface area (Å²) in [6.45, 7) is 1.61. The molecule has 0 saturated heterocycles. The molecule has 1 N–H and O–H groups in total. The van der Waals surface area contributed by atoms with Gasteiger partial charge in [0, 0.05) is 0 Å². The maximum atomic E-state index is 12.0. The molecule has 0 fully saturated rings. The van der Waals surface area contributed by atoms with E-state index in [-0.39, 0.29) is 11.8 Å². The number of hydrogen-bond donors (Lipinski definition) is 1. The van der Waals surface area contributed by atoms with E-state index in [1.807, 2.05) is 30.3 Å². The number of ether oxygens (including phenoxy) is 1. The normalized spacial score (nSPS) is 11.9. The molecule has 2 aromatic heterocycles. The lowest BCUT2D eigenvalue weighted by Gasteiger charge is -2.11. The molecular formula is C14H12ClN5O2S. The van der Waals surface area contributed by atoms with E-state index in [2.05, 4.69) is 20.6 Å². The highest BCUT2D eigenvalue weighted by Crippen LogP contribution is 2.25. The number of anilines is 1. The third-order valence-corrected chi connectivity index (χ3v) is 3.77. The summed E-state index contributed by atoms with van der Waals surface area (Å²) < 4.78 is 7.13. The molecule has 0 aliphatic heterocycles. The Hall–Kier alpha value is -2.45. The molecule has 1 aromatic carbocycles. The third-order valence-electron chi connectivity index (χ3n) is 2.91. The number of hydrogen-bond acceptors (Lipinski definition) is 6. The summed E-state index contributed by atoms with van der Waals surface area (Å²) in [6.07, 6.45) is 0.845. The van der Waals surface area contributed by atoms with Gasteiger partial charge in [0.15, 0.2) is 6.10 Å². The van der Waals surface area contributed by atoms with Crippen molar-refractivity contribution >= 4 is 34.0 Å². The van der Waals surface area contributed by atoms with Crippen molar-refractivity contribution in [1.82, 2.24) is 20.0 Å². The molecule has 1 atom stereocenters. The number of para-hydroxylation sites is 1. The summed E-state index contributed by atoms with van der Waals surface area (Å²) in [7, 11) is 0. The van der Waals surface area contributed by atoms with E-state index in [1.54, 1.807) is 17.8 Å². The summed E-state index contributed by atoms with van der Waals surface area (Å²) in [4.78, 5) is 12.0. The van der Waals surface area contributed by atoms with E-state index in [0.29, 0.717) is 10.2 Å². The first-order chi connectivity index (χ1) is 11.1. The van der Waals surface area contributed by atoms with E-state index in [4.69, 9.17) is 16.3 Å². The van der Waals surface area contributed by atoms with Crippen LogP contribution in [-0.2, 0) is 4.79 Å². The topological polar surface area (TPSA) is 81.9 Å². The van der Waals surface area contributed by atoms with Crippen LogP contribution in [0.25, 0.3) is 5.69 Å². The van der Waals surface area contributed by atoms with Gasteiger partial charge in [0.2, 0.25) is 5.13 Å². The second-order valence-corrected chi connectivity index (χ2v) is 5.80. The molecule has 0 spiro atoms. The van der Waals surface area contributed by atoms with Gasteiger partial charge in [0.1, 0.15) is 10.5 Å². The van der Waals surface area contributed by atoms with Crippen LogP contribution in [0.15, 0.2) is 42.0 Å². The molecule has 3 rings (SSSR count). The highest BCUT2D eigenvalue weighted by atomic mass is 35.5. The lowest BCUT2D eigenvalue weighted by Crippen LogP contribution is -2.30. The van der Waals surface area contributed by atoms with Crippen molar-refractivity contribution in [1.29, 1.82) is 0 Å². The Morgan fingerprint density at radius 1 is 1.39 bits per heavy atom. The summed E-state index contributed by atoms with van der Waals surface area (Å²) in [5, 5.41) is 15.0. The molecule has 0 aliphatic rings. The van der Waals surface area contributed by atoms with Crippen LogP contribution < -0.4 is 10.1 Å². The monoisotopic (exact) mass is 349 g/mol. The number of halogens is 1. The Morgan fingerprint density at radius 2 is 2.17 bits per heavy atom. The van der Waals surface area contributed by atoms with E-state index in [1.165, 1.54) is 16.8 Å². The fourth-order valence-corrected chi connectivity index (χ4v) is 2.41. The smallest absolute Gasteiger partial charge is 0.267 e. The SMILES string of the molecule is C[C@H](Oc1nn(-c2ccccc2)cc1Cl)C(=O)Nc1nncs1. The molecule has 118 valence electrons. The zero-order valence-electron chi connectivity index (χ0n) is 12.0. The fraction of sp³-hybridized carbons (Fsp3) is 0.143. The molecule has 0 bridgehead atoms. The zero-order chi connectivity index (χ0) is 16.2. The van der Waals surface area contributed by atoms with Gasteiger partial charge in [-0.05, 0) is 19.1 Å². The Labute approximate surface area is 140 Å². The van der Waals surface area contributed by atoms with Crippen molar-refractivity contribution < 1.29 is 9.53 Å². The summed E-state index contributed by atoms with van der Waals surface area (Å²) >= 11 is 7.35. The highest BCUT2D eigenvalue weighted by molar-refractivity contribution is 7.13. The van der Waals surface area contributed by atoms with Crippen molar-refractivity contribution in [3.05, 3.63) is 47.1 Å². The molecule has 2 heterocycles. The number of carbonyl (C=O) groups excluding carboxylic acids is 1. The van der Waals surface area contributed by atoms with Crippen molar-refractivity contribution in [2.75, 3.05) is 5.32 Å². The summed E-state index contributed by atoms with van der Waals surface area (Å²) in [6, 6.07) is 9.47. The van der Waals surface area contributed by atoms with Crippen LogP contribution >= 0.6 is 22.9 Å². The van der Waals surface area contributed by atoms with Crippen LogP contribution in [0.5, 0.6) is 5.88 Å². The number of benzene rings is 1. The highest BCUT2D eigenvalue weighted by Gasteiger charge is 2.19. The molecular weight excluding hydrogens is 338 g/mol. The predicted octanol–water partition coefficient (Wildman–Crippen LogP) is 2.78. The number of nitrogens with zero attached hydrogens (tertiary/aromatic N) is 4. The molecule has 9 heteroatoms. The van der Waals surface area contributed by atoms with E-state index < -0.39 is 6.10 Å². The maximum Gasteiger partial charge on any atom is 0.267 e. The Morgan fingerprint density at radius 3 is 2.87 bits per heavy atom. The van der Waals surface area contributed by atoms with E-state index in [9.17, 15) is 4.79 Å². The van der Waals surface area contributed by atoms with E-state index >= 15 is 0 Å². The molecule has 7 nitrogen and oxygen atoms in total. The molecule has 0 aliphatic carbocycles. The van der Waals surface area contributed by atoms with Crippen LogP contribution in [-0.4, -0.2) is 32.0 Å². The van der Waals surface area contributed by atoms with Gasteiger partial charge < -0.3 is 4.74 Å². The average molecular weight is 350 g/mol. The molecule has 1 amide bonds. The lowest BCUT2D eigenvalue weighted by molar-refractivity contribution is -0.122. The standard InChI is InChI=1S/C14H12ClN5O2S/c1-9(12(21)17-14-18-16-8-23-14)22-13-11(15)7-20(19-13)10-5-3-2-4-6-10/h2-9H,1H3,(H,17,18,21)/t9-/m0/s1. The van der Waals surface area contributed by atoms with Crippen LogP contribution in [0, 0.1) is 0 Å². The van der Waals surface area contributed by atoms with Crippen LogP contribution in [0.1, 0.15) is 6.92 Å². The van der Waals surface area contributed by atoms with Gasteiger partial charge in [-0.2, -0.15) is 0 Å². The largest absolute Gasteiger partial charge is 0.462 e. The minimum atomic E-state index is -0.782. The summed E-state index contributed by atoms with van der Waals surface area (Å²) in [5.41, 5.74) is 2.37. The zero-order valence-corrected chi connectivity index (χ0v) is 13.6. The fourth-order valence-electron chi connectivity index (χ4n) is 1.79. The first-order valence-electron chi connectivity index (χ1n) is 6.68. The quantitative estimate of drug-likeness (QED) is 0.766. The number of nitrogens with one attached hydrogen (secondary N) is 1.